The quantitative estimate of drug-likeness (QED) is 0.806. The lowest BCUT2D eigenvalue weighted by Gasteiger charge is -2.16. The van der Waals surface area contributed by atoms with Crippen LogP contribution in [0.15, 0.2) is 30.3 Å². The summed E-state index contributed by atoms with van der Waals surface area (Å²) in [4.78, 5) is 6.83. The van der Waals surface area contributed by atoms with Crippen molar-refractivity contribution >= 4 is 22.5 Å². The van der Waals surface area contributed by atoms with E-state index < -0.39 is 0 Å². The van der Waals surface area contributed by atoms with Crippen molar-refractivity contribution in [3.8, 4) is 0 Å². The Morgan fingerprint density at radius 3 is 3.05 bits per heavy atom. The van der Waals surface area contributed by atoms with E-state index in [1.54, 1.807) is 7.11 Å². The van der Waals surface area contributed by atoms with Crippen molar-refractivity contribution < 1.29 is 4.74 Å². The molecule has 1 saturated heterocycles. The zero-order valence-corrected chi connectivity index (χ0v) is 11.7. The van der Waals surface area contributed by atoms with Crippen LogP contribution in [0.4, 0.5) is 0 Å². The second kappa shape index (κ2) is 5.45. The molecule has 1 aromatic carbocycles. The van der Waals surface area contributed by atoms with Gasteiger partial charge in [0, 0.05) is 37.7 Å². The van der Waals surface area contributed by atoms with Crippen LogP contribution < -0.4 is 0 Å². The van der Waals surface area contributed by atoms with Gasteiger partial charge in [-0.2, -0.15) is 0 Å². The molecule has 1 unspecified atom stereocenters. The SMILES string of the molecule is COC1CCN(Cc2cc3ccccc3nc2Cl)C1. The Bertz CT molecular complexity index is 587. The first-order valence-electron chi connectivity index (χ1n) is 6.55. The number of benzene rings is 1. The third-order valence-corrected chi connectivity index (χ3v) is 4.03. The molecule has 1 fully saturated rings. The number of hydrogen-bond acceptors (Lipinski definition) is 3. The van der Waals surface area contributed by atoms with Crippen LogP contribution in [0.5, 0.6) is 0 Å². The third kappa shape index (κ3) is 2.73. The molecule has 1 aliphatic heterocycles. The van der Waals surface area contributed by atoms with Crippen molar-refractivity contribution in [3.05, 3.63) is 41.0 Å². The first-order valence-corrected chi connectivity index (χ1v) is 6.93. The molecule has 0 amide bonds. The van der Waals surface area contributed by atoms with Gasteiger partial charge in [0.05, 0.1) is 11.6 Å². The first-order chi connectivity index (χ1) is 9.26. The fraction of sp³-hybridized carbons (Fsp3) is 0.400. The molecule has 0 aliphatic carbocycles. The molecule has 1 aliphatic rings. The highest BCUT2D eigenvalue weighted by Gasteiger charge is 2.22. The van der Waals surface area contributed by atoms with Gasteiger partial charge >= 0.3 is 0 Å². The van der Waals surface area contributed by atoms with Crippen molar-refractivity contribution in [2.24, 2.45) is 0 Å². The molecule has 4 heteroatoms. The Kier molecular flexibility index (Phi) is 3.69. The number of likely N-dealkylation sites (tertiary alicyclic amines) is 1. The van der Waals surface area contributed by atoms with Crippen molar-refractivity contribution in [2.75, 3.05) is 20.2 Å². The molecule has 1 atom stereocenters. The maximum atomic E-state index is 6.28. The molecule has 19 heavy (non-hydrogen) atoms. The molecule has 1 aromatic heterocycles. The molecular weight excluding hydrogens is 260 g/mol. The summed E-state index contributed by atoms with van der Waals surface area (Å²) < 4.78 is 5.39. The lowest BCUT2D eigenvalue weighted by atomic mass is 10.1. The van der Waals surface area contributed by atoms with Gasteiger partial charge in [-0.1, -0.05) is 29.8 Å². The van der Waals surface area contributed by atoms with Crippen molar-refractivity contribution in [1.82, 2.24) is 9.88 Å². The van der Waals surface area contributed by atoms with Gasteiger partial charge in [0.1, 0.15) is 5.15 Å². The summed E-state index contributed by atoms with van der Waals surface area (Å²) in [6.07, 6.45) is 1.45. The molecular formula is C15H17ClN2O. The Morgan fingerprint density at radius 1 is 1.42 bits per heavy atom. The standard InChI is InChI=1S/C15H17ClN2O/c1-19-13-6-7-18(10-13)9-12-8-11-4-2-3-5-14(11)17-15(12)16/h2-5,8,13H,6-7,9-10H2,1H3. The van der Waals surface area contributed by atoms with Crippen molar-refractivity contribution in [1.29, 1.82) is 0 Å². The van der Waals surface area contributed by atoms with E-state index in [-0.39, 0.29) is 0 Å². The lowest BCUT2D eigenvalue weighted by Crippen LogP contribution is -2.22. The van der Waals surface area contributed by atoms with E-state index in [0.717, 1.165) is 42.5 Å². The molecule has 0 bridgehead atoms. The minimum absolute atomic E-state index is 0.354. The predicted octanol–water partition coefficient (Wildman–Crippen LogP) is 3.11. The van der Waals surface area contributed by atoms with Gasteiger partial charge < -0.3 is 4.74 Å². The number of halogens is 1. The number of pyridine rings is 1. The second-order valence-corrected chi connectivity index (χ2v) is 5.37. The van der Waals surface area contributed by atoms with Crippen LogP contribution in [0, 0.1) is 0 Å². The van der Waals surface area contributed by atoms with E-state index in [1.807, 2.05) is 18.2 Å². The summed E-state index contributed by atoms with van der Waals surface area (Å²) in [5, 5.41) is 1.75. The normalized spacial score (nSPS) is 20.2. The van der Waals surface area contributed by atoms with Crippen LogP contribution >= 0.6 is 11.6 Å². The fourth-order valence-electron chi connectivity index (χ4n) is 2.62. The van der Waals surface area contributed by atoms with Gasteiger partial charge in [-0.05, 0) is 18.6 Å². The number of methoxy groups -OCH3 is 1. The molecule has 0 radical (unpaired) electrons. The molecule has 0 spiro atoms. The summed E-state index contributed by atoms with van der Waals surface area (Å²) in [7, 11) is 1.78. The van der Waals surface area contributed by atoms with E-state index in [9.17, 15) is 0 Å². The van der Waals surface area contributed by atoms with E-state index in [2.05, 4.69) is 22.0 Å². The molecule has 3 rings (SSSR count). The van der Waals surface area contributed by atoms with Crippen molar-refractivity contribution in [2.45, 2.75) is 19.1 Å². The molecule has 0 saturated carbocycles. The van der Waals surface area contributed by atoms with E-state index in [0.29, 0.717) is 11.3 Å². The van der Waals surface area contributed by atoms with Gasteiger partial charge in [0.2, 0.25) is 0 Å². The summed E-state index contributed by atoms with van der Waals surface area (Å²) >= 11 is 6.28. The topological polar surface area (TPSA) is 25.4 Å². The first kappa shape index (κ1) is 12.9. The van der Waals surface area contributed by atoms with Crippen LogP contribution in [-0.2, 0) is 11.3 Å². The maximum Gasteiger partial charge on any atom is 0.134 e. The number of hydrogen-bond donors (Lipinski definition) is 0. The Morgan fingerprint density at radius 2 is 2.26 bits per heavy atom. The smallest absolute Gasteiger partial charge is 0.134 e. The highest BCUT2D eigenvalue weighted by molar-refractivity contribution is 6.30. The summed E-state index contributed by atoms with van der Waals surface area (Å²) in [5.74, 6) is 0. The highest BCUT2D eigenvalue weighted by atomic mass is 35.5. The number of ether oxygens (including phenoxy) is 1. The van der Waals surface area contributed by atoms with Crippen LogP contribution in [0.1, 0.15) is 12.0 Å². The lowest BCUT2D eigenvalue weighted by molar-refractivity contribution is 0.107. The number of fused-ring (bicyclic) bond motifs is 1. The van der Waals surface area contributed by atoms with E-state index >= 15 is 0 Å². The van der Waals surface area contributed by atoms with E-state index in [1.165, 1.54) is 0 Å². The second-order valence-electron chi connectivity index (χ2n) is 5.01. The number of rotatable bonds is 3. The third-order valence-electron chi connectivity index (χ3n) is 3.71. The molecule has 3 nitrogen and oxygen atoms in total. The number of nitrogens with zero attached hydrogens (tertiary/aromatic N) is 2. The Balaban J connectivity index is 1.83. The minimum atomic E-state index is 0.354. The maximum absolute atomic E-state index is 6.28. The highest BCUT2D eigenvalue weighted by Crippen LogP contribution is 2.23. The van der Waals surface area contributed by atoms with Gasteiger partial charge in [-0.15, -0.1) is 0 Å². The average molecular weight is 277 g/mol. The van der Waals surface area contributed by atoms with Gasteiger partial charge in [-0.25, -0.2) is 4.98 Å². The minimum Gasteiger partial charge on any atom is -0.380 e. The van der Waals surface area contributed by atoms with Crippen LogP contribution in [0.3, 0.4) is 0 Å². The molecule has 2 heterocycles. The van der Waals surface area contributed by atoms with Crippen molar-refractivity contribution in [3.63, 3.8) is 0 Å². The van der Waals surface area contributed by atoms with Gasteiger partial charge in [0.15, 0.2) is 0 Å². The number of aromatic nitrogens is 1. The molecule has 100 valence electrons. The Hall–Kier alpha value is -1.16. The van der Waals surface area contributed by atoms with Gasteiger partial charge in [-0.3, -0.25) is 4.90 Å². The summed E-state index contributed by atoms with van der Waals surface area (Å²) in [6.45, 7) is 2.87. The molecule has 0 N–H and O–H groups in total. The largest absolute Gasteiger partial charge is 0.380 e. The zero-order valence-electron chi connectivity index (χ0n) is 11.0. The summed E-state index contributed by atoms with van der Waals surface area (Å²) in [5.41, 5.74) is 2.05. The zero-order chi connectivity index (χ0) is 13.2. The number of para-hydroxylation sites is 1. The average Bonchev–Trinajstić information content (AvgIpc) is 2.87. The monoisotopic (exact) mass is 276 g/mol. The fourth-order valence-corrected chi connectivity index (χ4v) is 2.83. The predicted molar refractivity (Wildman–Crippen MR) is 77.4 cm³/mol. The van der Waals surface area contributed by atoms with Crippen LogP contribution in [0.25, 0.3) is 10.9 Å². The summed E-state index contributed by atoms with van der Waals surface area (Å²) in [6, 6.07) is 10.2. The molecule has 2 aromatic rings. The Labute approximate surface area is 118 Å². The van der Waals surface area contributed by atoms with Gasteiger partial charge in [0.25, 0.3) is 0 Å². The van der Waals surface area contributed by atoms with E-state index in [4.69, 9.17) is 16.3 Å². The van der Waals surface area contributed by atoms with Crippen LogP contribution in [-0.4, -0.2) is 36.2 Å². The van der Waals surface area contributed by atoms with Crippen LogP contribution in [0.2, 0.25) is 5.15 Å².